The maximum atomic E-state index is 6.00. The van der Waals surface area contributed by atoms with E-state index in [2.05, 4.69) is 17.1 Å². The Bertz CT molecular complexity index is 374. The van der Waals surface area contributed by atoms with Crippen LogP contribution in [-0.2, 0) is 5.41 Å². The predicted octanol–water partition coefficient (Wildman–Crippen LogP) is 1.28. The molecule has 1 aromatic heterocycles. The zero-order valence-electron chi connectivity index (χ0n) is 8.77. The van der Waals surface area contributed by atoms with E-state index >= 15 is 0 Å². The first-order chi connectivity index (χ1) is 7.19. The van der Waals surface area contributed by atoms with Gasteiger partial charge < -0.3 is 10.3 Å². The van der Waals surface area contributed by atoms with Crippen molar-refractivity contribution in [1.29, 1.82) is 0 Å². The van der Waals surface area contributed by atoms with Crippen molar-refractivity contribution in [2.24, 2.45) is 5.73 Å². The Labute approximate surface area is 93.0 Å². The molecule has 82 valence electrons. The zero-order chi connectivity index (χ0) is 10.5. The molecular formula is C10H15N3OS. The summed E-state index contributed by atoms with van der Waals surface area (Å²) in [6.07, 6.45) is 2.36. The molecule has 1 aliphatic carbocycles. The summed E-state index contributed by atoms with van der Waals surface area (Å²) < 4.78 is 5.33. The lowest BCUT2D eigenvalue weighted by molar-refractivity contribution is 0.346. The van der Waals surface area contributed by atoms with Gasteiger partial charge >= 0.3 is 0 Å². The minimum atomic E-state index is 0.176. The molecule has 1 aliphatic heterocycles. The highest BCUT2D eigenvalue weighted by molar-refractivity contribution is 7.99. The average molecular weight is 225 g/mol. The van der Waals surface area contributed by atoms with Crippen LogP contribution in [0.3, 0.4) is 0 Å². The van der Waals surface area contributed by atoms with Gasteiger partial charge in [0.05, 0.1) is 5.92 Å². The number of hydrogen-bond donors (Lipinski definition) is 1. The smallest absolute Gasteiger partial charge is 0.232 e. The second-order valence-corrected chi connectivity index (χ2v) is 5.90. The van der Waals surface area contributed by atoms with Gasteiger partial charge in [-0.2, -0.15) is 16.7 Å². The van der Waals surface area contributed by atoms with Crippen LogP contribution >= 0.6 is 11.8 Å². The van der Waals surface area contributed by atoms with E-state index < -0.39 is 0 Å². The summed E-state index contributed by atoms with van der Waals surface area (Å²) in [5.74, 6) is 3.90. The fourth-order valence-corrected chi connectivity index (χ4v) is 3.15. The molecule has 2 N–H and O–H groups in total. The summed E-state index contributed by atoms with van der Waals surface area (Å²) in [5.41, 5.74) is 6.19. The third kappa shape index (κ3) is 1.58. The molecule has 0 amide bonds. The van der Waals surface area contributed by atoms with Gasteiger partial charge in [0, 0.05) is 23.0 Å². The number of rotatable bonds is 2. The van der Waals surface area contributed by atoms with Crippen molar-refractivity contribution in [1.82, 2.24) is 10.1 Å². The predicted molar refractivity (Wildman–Crippen MR) is 58.9 cm³/mol. The van der Waals surface area contributed by atoms with Gasteiger partial charge in [0.15, 0.2) is 5.82 Å². The third-order valence-corrected chi connectivity index (χ3v) is 4.64. The van der Waals surface area contributed by atoms with Crippen LogP contribution in [0.4, 0.5) is 0 Å². The maximum Gasteiger partial charge on any atom is 0.232 e. The Kier molecular flexibility index (Phi) is 2.07. The molecule has 0 aromatic carbocycles. The molecule has 2 atom stereocenters. The Morgan fingerprint density at radius 3 is 2.87 bits per heavy atom. The van der Waals surface area contributed by atoms with Crippen LogP contribution in [0.1, 0.15) is 37.4 Å². The Balaban J connectivity index is 1.84. The van der Waals surface area contributed by atoms with Crippen LogP contribution in [0.5, 0.6) is 0 Å². The third-order valence-electron chi connectivity index (χ3n) is 3.42. The van der Waals surface area contributed by atoms with Crippen molar-refractivity contribution < 1.29 is 4.52 Å². The van der Waals surface area contributed by atoms with Gasteiger partial charge in [-0.25, -0.2) is 0 Å². The van der Waals surface area contributed by atoms with Gasteiger partial charge in [-0.05, 0) is 12.8 Å². The summed E-state index contributed by atoms with van der Waals surface area (Å²) in [6.45, 7) is 2.19. The second kappa shape index (κ2) is 3.22. The maximum absolute atomic E-state index is 6.00. The van der Waals surface area contributed by atoms with Crippen LogP contribution < -0.4 is 5.73 Å². The monoisotopic (exact) mass is 225 g/mol. The molecule has 0 spiro atoms. The minimum Gasteiger partial charge on any atom is -0.339 e. The summed E-state index contributed by atoms with van der Waals surface area (Å²) in [7, 11) is 0. The highest BCUT2D eigenvalue weighted by atomic mass is 32.2. The van der Waals surface area contributed by atoms with Gasteiger partial charge in [0.1, 0.15) is 0 Å². The molecule has 1 saturated carbocycles. The SMILES string of the molecule is CC1(c2noc(C3CSCC3N)n2)CC1. The molecule has 2 heterocycles. The first kappa shape index (κ1) is 9.66. The first-order valence-electron chi connectivity index (χ1n) is 5.36. The van der Waals surface area contributed by atoms with E-state index in [-0.39, 0.29) is 17.4 Å². The Morgan fingerprint density at radius 2 is 2.27 bits per heavy atom. The molecule has 4 nitrogen and oxygen atoms in total. The number of thioether (sulfide) groups is 1. The lowest BCUT2D eigenvalue weighted by atomic mass is 10.0. The fourth-order valence-electron chi connectivity index (χ4n) is 1.87. The summed E-state index contributed by atoms with van der Waals surface area (Å²) in [6, 6.07) is 0.176. The van der Waals surface area contributed by atoms with E-state index in [1.807, 2.05) is 11.8 Å². The molecular weight excluding hydrogens is 210 g/mol. The lowest BCUT2D eigenvalue weighted by Crippen LogP contribution is -2.26. The standard InChI is InChI=1S/C10H15N3OS/c1-10(2-3-10)9-12-8(14-13-9)6-4-15-5-7(6)11/h6-7H,2-5,11H2,1H3. The van der Waals surface area contributed by atoms with Crippen molar-refractivity contribution in [3.05, 3.63) is 11.7 Å². The molecule has 0 bridgehead atoms. The number of nitrogens with two attached hydrogens (primary N) is 1. The van der Waals surface area contributed by atoms with Crippen molar-refractivity contribution in [3.8, 4) is 0 Å². The second-order valence-electron chi connectivity index (χ2n) is 4.82. The van der Waals surface area contributed by atoms with Crippen molar-refractivity contribution in [2.45, 2.75) is 37.1 Å². The topological polar surface area (TPSA) is 64.9 Å². The average Bonchev–Trinajstić information content (AvgIpc) is 2.70. The van der Waals surface area contributed by atoms with Crippen LogP contribution in [0.2, 0.25) is 0 Å². The minimum absolute atomic E-state index is 0.176. The summed E-state index contributed by atoms with van der Waals surface area (Å²) in [5, 5.41) is 4.08. The van der Waals surface area contributed by atoms with Gasteiger partial charge in [0.2, 0.25) is 5.89 Å². The van der Waals surface area contributed by atoms with Crippen LogP contribution in [0.25, 0.3) is 0 Å². The molecule has 2 fully saturated rings. The molecule has 15 heavy (non-hydrogen) atoms. The van der Waals surface area contributed by atoms with Crippen molar-refractivity contribution >= 4 is 11.8 Å². The number of hydrogen-bond acceptors (Lipinski definition) is 5. The fraction of sp³-hybridized carbons (Fsp3) is 0.800. The summed E-state index contributed by atoms with van der Waals surface area (Å²) in [4.78, 5) is 4.51. The Hall–Kier alpha value is -0.550. The van der Waals surface area contributed by atoms with Gasteiger partial charge in [-0.15, -0.1) is 0 Å². The molecule has 5 heteroatoms. The van der Waals surface area contributed by atoms with Gasteiger partial charge in [0.25, 0.3) is 0 Å². The van der Waals surface area contributed by atoms with Gasteiger partial charge in [-0.1, -0.05) is 12.1 Å². The molecule has 1 aromatic rings. The van der Waals surface area contributed by atoms with E-state index in [1.54, 1.807) is 0 Å². The van der Waals surface area contributed by atoms with Gasteiger partial charge in [-0.3, -0.25) is 0 Å². The number of aromatic nitrogens is 2. The van der Waals surface area contributed by atoms with E-state index in [9.17, 15) is 0 Å². The molecule has 0 radical (unpaired) electrons. The van der Waals surface area contributed by atoms with E-state index in [4.69, 9.17) is 10.3 Å². The Morgan fingerprint density at radius 1 is 1.47 bits per heavy atom. The van der Waals surface area contributed by atoms with E-state index in [0.717, 1.165) is 23.2 Å². The molecule has 3 rings (SSSR count). The van der Waals surface area contributed by atoms with Crippen LogP contribution in [0.15, 0.2) is 4.52 Å². The largest absolute Gasteiger partial charge is 0.339 e. The molecule has 2 aliphatic rings. The highest BCUT2D eigenvalue weighted by Gasteiger charge is 2.44. The molecule has 2 unspecified atom stereocenters. The lowest BCUT2D eigenvalue weighted by Gasteiger charge is -2.07. The first-order valence-corrected chi connectivity index (χ1v) is 6.52. The van der Waals surface area contributed by atoms with Crippen molar-refractivity contribution in [2.75, 3.05) is 11.5 Å². The van der Waals surface area contributed by atoms with Crippen LogP contribution in [-0.4, -0.2) is 27.7 Å². The van der Waals surface area contributed by atoms with Crippen molar-refractivity contribution in [3.63, 3.8) is 0 Å². The van der Waals surface area contributed by atoms with E-state index in [0.29, 0.717) is 0 Å². The normalized spacial score (nSPS) is 33.2. The summed E-state index contributed by atoms with van der Waals surface area (Å²) >= 11 is 1.86. The zero-order valence-corrected chi connectivity index (χ0v) is 9.59. The van der Waals surface area contributed by atoms with E-state index in [1.165, 1.54) is 12.8 Å². The quantitative estimate of drug-likeness (QED) is 0.821. The number of nitrogens with zero attached hydrogens (tertiary/aromatic N) is 2. The molecule has 1 saturated heterocycles. The van der Waals surface area contributed by atoms with Crippen LogP contribution in [0, 0.1) is 0 Å². The highest BCUT2D eigenvalue weighted by Crippen LogP contribution is 2.46.